The van der Waals surface area contributed by atoms with Gasteiger partial charge >= 0.3 is 5.69 Å². The van der Waals surface area contributed by atoms with Crippen LogP contribution >= 0.6 is 8.30 Å². The van der Waals surface area contributed by atoms with E-state index in [0.717, 1.165) is 19.0 Å². The van der Waals surface area contributed by atoms with Crippen LogP contribution in [-0.4, -0.2) is 51.2 Å². The van der Waals surface area contributed by atoms with Gasteiger partial charge in [0.15, 0.2) is 0 Å². The molecule has 0 saturated carbocycles. The largest absolute Gasteiger partial charge is 0.352 e. The summed E-state index contributed by atoms with van der Waals surface area (Å²) in [5.41, 5.74) is -1.03. The molecule has 0 bridgehead atoms. The van der Waals surface area contributed by atoms with E-state index in [1.807, 2.05) is 6.92 Å². The predicted molar refractivity (Wildman–Crippen MR) is 123 cm³/mol. The Labute approximate surface area is 185 Å². The zero-order valence-corrected chi connectivity index (χ0v) is 19.9. The average molecular weight is 449 g/mol. The Morgan fingerprint density at radius 3 is 2.65 bits per heavy atom. The highest BCUT2D eigenvalue weighted by atomic mass is 31.2. The molecular formula is C22H33N4O4P. The summed E-state index contributed by atoms with van der Waals surface area (Å²) < 4.78 is 16.5. The molecule has 0 amide bonds. The van der Waals surface area contributed by atoms with Crippen molar-refractivity contribution in [2.45, 2.75) is 84.4 Å². The van der Waals surface area contributed by atoms with Gasteiger partial charge in [-0.1, -0.05) is 12.8 Å². The Balaban J connectivity index is 2.27. The lowest BCUT2D eigenvalue weighted by molar-refractivity contribution is -0.0178. The first-order valence-electron chi connectivity index (χ1n) is 10.8. The smallest absolute Gasteiger partial charge is 0.330 e. The Kier molecular flexibility index (Phi) is 9.47. The lowest BCUT2D eigenvalue weighted by atomic mass is 10.1. The van der Waals surface area contributed by atoms with Crippen LogP contribution in [0.25, 0.3) is 4.85 Å². The quantitative estimate of drug-likeness (QED) is 0.257. The number of hydrogen-bond donors (Lipinski definition) is 1. The molecule has 1 aliphatic rings. The summed E-state index contributed by atoms with van der Waals surface area (Å²) in [5.74, 6) is 2.31. The minimum Gasteiger partial charge on any atom is -0.352 e. The molecule has 1 N–H and O–H groups in total. The summed E-state index contributed by atoms with van der Waals surface area (Å²) in [6.45, 7) is 18.2. The van der Waals surface area contributed by atoms with E-state index in [0.29, 0.717) is 25.0 Å². The van der Waals surface area contributed by atoms with Gasteiger partial charge in [-0.25, -0.2) is 11.4 Å². The lowest BCUT2D eigenvalue weighted by Crippen LogP contribution is -2.36. The van der Waals surface area contributed by atoms with Crippen LogP contribution in [0.1, 0.15) is 65.7 Å². The molecule has 8 nitrogen and oxygen atoms in total. The summed E-state index contributed by atoms with van der Waals surface area (Å²) >= 11 is 0. The summed E-state index contributed by atoms with van der Waals surface area (Å²) in [6, 6.07) is 0.606. The van der Waals surface area contributed by atoms with Crippen LogP contribution < -0.4 is 11.2 Å². The van der Waals surface area contributed by atoms with Crippen LogP contribution in [0.3, 0.4) is 0 Å². The number of terminal acetylenes is 1. The molecule has 170 valence electrons. The minimum absolute atomic E-state index is 0.0906. The van der Waals surface area contributed by atoms with E-state index >= 15 is 0 Å². The zero-order chi connectivity index (χ0) is 23.1. The monoisotopic (exact) mass is 448 g/mol. The SMILES string of the molecule is [C-]#[N+]CCCP(OC1C[C@H](n2cc(C#C)c(=O)[nH]c2=O)O[C@@H]1CC)N(C(C)C)C(C)C. The molecule has 2 unspecified atom stereocenters. The minimum atomic E-state index is -0.936. The van der Waals surface area contributed by atoms with Gasteiger partial charge in [0, 0.05) is 37.3 Å². The standard InChI is InChI=1S/C22H33N4O4P/c1-8-17-14-25(22(28)24-21(17)27)20-13-19(18(9-2)29-20)30-31(12-10-11-23-7)26(15(3)4)16(5)6/h1,14-16,18-20H,9-13H2,2-6H3,(H,24,27,28)/t18-,19?,20-,31?/m1/s1. The zero-order valence-electron chi connectivity index (χ0n) is 19.0. The molecule has 4 atom stereocenters. The van der Waals surface area contributed by atoms with Crippen molar-refractivity contribution >= 4 is 8.30 Å². The van der Waals surface area contributed by atoms with Gasteiger partial charge in [-0.3, -0.25) is 19.0 Å². The molecule has 1 saturated heterocycles. The van der Waals surface area contributed by atoms with Gasteiger partial charge in [-0.05, 0) is 34.1 Å². The third kappa shape index (κ3) is 6.28. The lowest BCUT2D eigenvalue weighted by Gasteiger charge is -2.38. The van der Waals surface area contributed by atoms with Crippen molar-refractivity contribution in [2.24, 2.45) is 0 Å². The molecule has 2 heterocycles. The molecule has 9 heteroatoms. The molecule has 0 aliphatic carbocycles. The Morgan fingerprint density at radius 2 is 2.10 bits per heavy atom. The highest BCUT2D eigenvalue weighted by Gasteiger charge is 2.39. The van der Waals surface area contributed by atoms with E-state index in [-0.39, 0.29) is 17.8 Å². The van der Waals surface area contributed by atoms with Gasteiger partial charge < -0.3 is 14.1 Å². The number of nitrogens with one attached hydrogen (secondary N) is 1. The summed E-state index contributed by atoms with van der Waals surface area (Å²) in [5, 5.41) is 0. The Morgan fingerprint density at radius 1 is 1.42 bits per heavy atom. The number of aromatic nitrogens is 2. The molecule has 0 spiro atoms. The third-order valence-electron chi connectivity index (χ3n) is 5.21. The van der Waals surface area contributed by atoms with Crippen LogP contribution in [0.2, 0.25) is 0 Å². The van der Waals surface area contributed by atoms with Gasteiger partial charge in [0.05, 0.1) is 12.2 Å². The van der Waals surface area contributed by atoms with Crippen molar-refractivity contribution in [1.82, 2.24) is 14.2 Å². The highest BCUT2D eigenvalue weighted by molar-refractivity contribution is 7.50. The van der Waals surface area contributed by atoms with E-state index in [2.05, 4.69) is 48.1 Å². The third-order valence-corrected chi connectivity index (χ3v) is 7.86. The van der Waals surface area contributed by atoms with Gasteiger partial charge in [0.1, 0.15) is 20.1 Å². The molecule has 1 fully saturated rings. The van der Waals surface area contributed by atoms with E-state index < -0.39 is 25.8 Å². The summed E-state index contributed by atoms with van der Waals surface area (Å²) in [7, 11) is -0.936. The summed E-state index contributed by atoms with van der Waals surface area (Å²) in [6.07, 6.45) is 8.66. The van der Waals surface area contributed by atoms with Crippen LogP contribution in [0, 0.1) is 18.9 Å². The maximum Gasteiger partial charge on any atom is 0.330 e. The number of nitrogens with zero attached hydrogens (tertiary/aromatic N) is 3. The molecule has 1 aromatic heterocycles. The summed E-state index contributed by atoms with van der Waals surface area (Å²) in [4.78, 5) is 29.9. The topological polar surface area (TPSA) is 80.9 Å². The van der Waals surface area contributed by atoms with Crippen molar-refractivity contribution in [1.29, 1.82) is 0 Å². The van der Waals surface area contributed by atoms with Crippen LogP contribution in [0.5, 0.6) is 0 Å². The molecule has 1 aromatic rings. The van der Waals surface area contributed by atoms with E-state index in [1.165, 1.54) is 10.8 Å². The molecule has 2 rings (SSSR count). The number of H-pyrrole nitrogens is 1. The van der Waals surface area contributed by atoms with Gasteiger partial charge in [0.25, 0.3) is 5.56 Å². The number of rotatable bonds is 10. The highest BCUT2D eigenvalue weighted by Crippen LogP contribution is 2.49. The first-order chi connectivity index (χ1) is 14.7. The predicted octanol–water partition coefficient (Wildman–Crippen LogP) is 3.34. The molecule has 0 radical (unpaired) electrons. The van der Waals surface area contributed by atoms with E-state index in [1.54, 1.807) is 0 Å². The van der Waals surface area contributed by atoms with Crippen LogP contribution in [-0.2, 0) is 9.26 Å². The second-order valence-corrected chi connectivity index (χ2v) is 9.97. The first-order valence-corrected chi connectivity index (χ1v) is 12.2. The fourth-order valence-electron chi connectivity index (χ4n) is 3.92. The average Bonchev–Trinajstić information content (AvgIpc) is 3.10. The molecule has 0 aromatic carbocycles. The first kappa shape index (κ1) is 25.3. The van der Waals surface area contributed by atoms with Crippen molar-refractivity contribution in [3.8, 4) is 12.3 Å². The number of hydrogen-bond acceptors (Lipinski definition) is 5. The maximum absolute atomic E-state index is 12.4. The fraction of sp³-hybridized carbons (Fsp3) is 0.682. The number of aromatic amines is 1. The van der Waals surface area contributed by atoms with Gasteiger partial charge in [-0.15, -0.1) is 6.42 Å². The Hall–Kier alpha value is -1.96. The van der Waals surface area contributed by atoms with Crippen molar-refractivity contribution in [2.75, 3.05) is 12.7 Å². The normalized spacial score (nSPS) is 22.1. The van der Waals surface area contributed by atoms with E-state index in [9.17, 15) is 9.59 Å². The van der Waals surface area contributed by atoms with Crippen LogP contribution in [0.4, 0.5) is 0 Å². The maximum atomic E-state index is 12.4. The molecule has 1 aliphatic heterocycles. The van der Waals surface area contributed by atoms with Crippen molar-refractivity contribution in [3.05, 3.63) is 44.0 Å². The number of ether oxygens (including phenoxy) is 1. The Bertz CT molecular complexity index is 919. The van der Waals surface area contributed by atoms with Crippen molar-refractivity contribution < 1.29 is 9.26 Å². The van der Waals surface area contributed by atoms with Gasteiger partial charge in [0.2, 0.25) is 6.54 Å². The molecular weight excluding hydrogens is 415 g/mol. The van der Waals surface area contributed by atoms with E-state index in [4.69, 9.17) is 22.3 Å². The second-order valence-electron chi connectivity index (χ2n) is 8.15. The van der Waals surface area contributed by atoms with Crippen LogP contribution in [0.15, 0.2) is 15.8 Å². The second kappa shape index (κ2) is 11.6. The van der Waals surface area contributed by atoms with Crippen molar-refractivity contribution in [3.63, 3.8) is 0 Å². The van der Waals surface area contributed by atoms with Gasteiger partial charge in [-0.2, -0.15) is 0 Å². The fourth-order valence-corrected chi connectivity index (χ4v) is 6.34. The molecule has 31 heavy (non-hydrogen) atoms.